The summed E-state index contributed by atoms with van der Waals surface area (Å²) in [4.78, 5) is 32.2. The van der Waals surface area contributed by atoms with E-state index in [2.05, 4.69) is 25.6 Å². The second-order valence-electron chi connectivity index (χ2n) is 5.56. The van der Waals surface area contributed by atoms with E-state index in [1.165, 1.54) is 24.4 Å². The van der Waals surface area contributed by atoms with Gasteiger partial charge in [-0.05, 0) is 24.3 Å². The molecule has 0 spiro atoms. The van der Waals surface area contributed by atoms with E-state index in [-0.39, 0.29) is 11.3 Å². The van der Waals surface area contributed by atoms with E-state index in [4.69, 9.17) is 0 Å². The SMILES string of the molecule is O=C(NNC(=O)c1cccnc1OCC(F)(F)F)c1ccc2ccccc2n1. The standard InChI is InChI=1S/C18H13F3N4O3/c19-18(20,21)10-28-17-12(5-3-9-22-17)15(26)24-25-16(27)14-8-7-11-4-1-2-6-13(11)23-14/h1-9H,10H2,(H,24,26)(H,25,27). The molecule has 2 amide bonds. The zero-order valence-corrected chi connectivity index (χ0v) is 14.2. The molecule has 0 atom stereocenters. The molecule has 0 aliphatic rings. The number of ether oxygens (including phenoxy) is 1. The Kier molecular flexibility index (Phi) is 5.39. The topological polar surface area (TPSA) is 93.2 Å². The summed E-state index contributed by atoms with van der Waals surface area (Å²) in [6, 6.07) is 12.9. The predicted molar refractivity (Wildman–Crippen MR) is 92.5 cm³/mol. The summed E-state index contributed by atoms with van der Waals surface area (Å²) in [5, 5.41) is 0.838. The van der Waals surface area contributed by atoms with Gasteiger partial charge in [0.2, 0.25) is 5.88 Å². The van der Waals surface area contributed by atoms with Gasteiger partial charge in [0, 0.05) is 11.6 Å². The van der Waals surface area contributed by atoms with Gasteiger partial charge in [-0.3, -0.25) is 20.4 Å². The number of nitrogens with one attached hydrogen (secondary N) is 2. The summed E-state index contributed by atoms with van der Waals surface area (Å²) < 4.78 is 41.5. The van der Waals surface area contributed by atoms with Gasteiger partial charge in [-0.2, -0.15) is 13.2 Å². The number of fused-ring (bicyclic) bond motifs is 1. The Hall–Kier alpha value is -3.69. The molecule has 0 aliphatic carbocycles. The minimum Gasteiger partial charge on any atom is -0.467 e. The largest absolute Gasteiger partial charge is 0.467 e. The molecule has 0 fully saturated rings. The molecule has 2 heterocycles. The molecule has 0 aliphatic heterocycles. The Morgan fingerprint density at radius 1 is 0.964 bits per heavy atom. The van der Waals surface area contributed by atoms with E-state index in [1.54, 1.807) is 18.2 Å². The van der Waals surface area contributed by atoms with Crippen molar-refractivity contribution < 1.29 is 27.5 Å². The lowest BCUT2D eigenvalue weighted by Crippen LogP contribution is -2.42. The van der Waals surface area contributed by atoms with E-state index in [1.807, 2.05) is 12.1 Å². The maximum atomic E-state index is 12.3. The highest BCUT2D eigenvalue weighted by molar-refractivity contribution is 6.00. The second kappa shape index (κ2) is 7.91. The number of aromatic nitrogens is 2. The number of nitrogens with zero attached hydrogens (tertiary/aromatic N) is 2. The molecule has 7 nitrogen and oxygen atoms in total. The first-order valence-corrected chi connectivity index (χ1v) is 7.94. The molecule has 0 bridgehead atoms. The van der Waals surface area contributed by atoms with Crippen molar-refractivity contribution in [2.24, 2.45) is 0 Å². The highest BCUT2D eigenvalue weighted by atomic mass is 19.4. The smallest absolute Gasteiger partial charge is 0.422 e. The maximum absolute atomic E-state index is 12.3. The maximum Gasteiger partial charge on any atom is 0.422 e. The van der Waals surface area contributed by atoms with Crippen molar-refractivity contribution >= 4 is 22.7 Å². The predicted octanol–water partition coefficient (Wildman–Crippen LogP) is 2.65. The normalized spacial score (nSPS) is 11.1. The number of para-hydroxylation sites is 1. The number of hydrogen-bond donors (Lipinski definition) is 2. The fourth-order valence-electron chi connectivity index (χ4n) is 2.27. The molecule has 2 N–H and O–H groups in total. The quantitative estimate of drug-likeness (QED) is 0.668. The number of carbonyl (C=O) groups excluding carboxylic acids is 2. The lowest BCUT2D eigenvalue weighted by Gasteiger charge is -2.12. The van der Waals surface area contributed by atoms with Crippen LogP contribution < -0.4 is 15.6 Å². The summed E-state index contributed by atoms with van der Waals surface area (Å²) in [5.41, 5.74) is 4.64. The van der Waals surface area contributed by atoms with E-state index >= 15 is 0 Å². The van der Waals surface area contributed by atoms with Gasteiger partial charge < -0.3 is 4.74 Å². The van der Waals surface area contributed by atoms with E-state index in [0.29, 0.717) is 5.52 Å². The molecule has 10 heteroatoms. The Balaban J connectivity index is 1.67. The van der Waals surface area contributed by atoms with Gasteiger partial charge in [-0.15, -0.1) is 0 Å². The highest BCUT2D eigenvalue weighted by Crippen LogP contribution is 2.19. The molecular weight excluding hydrogens is 377 g/mol. The number of carbonyl (C=O) groups is 2. The number of benzene rings is 1. The first-order valence-electron chi connectivity index (χ1n) is 7.94. The summed E-state index contributed by atoms with van der Waals surface area (Å²) in [6.45, 7) is -1.60. The first kappa shape index (κ1) is 19.1. The molecule has 3 rings (SSSR count). The molecular formula is C18H13F3N4O3. The monoisotopic (exact) mass is 390 g/mol. The van der Waals surface area contributed by atoms with Crippen molar-refractivity contribution in [2.75, 3.05) is 6.61 Å². The molecule has 2 aromatic heterocycles. The van der Waals surface area contributed by atoms with Crippen molar-refractivity contribution in [3.63, 3.8) is 0 Å². The van der Waals surface area contributed by atoms with E-state index < -0.39 is 30.5 Å². The Labute approximate surface area is 156 Å². The number of alkyl halides is 3. The summed E-state index contributed by atoms with van der Waals surface area (Å²) >= 11 is 0. The zero-order valence-electron chi connectivity index (χ0n) is 14.2. The van der Waals surface area contributed by atoms with Gasteiger partial charge >= 0.3 is 6.18 Å². The van der Waals surface area contributed by atoms with Crippen molar-refractivity contribution in [1.29, 1.82) is 0 Å². The molecule has 28 heavy (non-hydrogen) atoms. The van der Waals surface area contributed by atoms with Crippen molar-refractivity contribution in [1.82, 2.24) is 20.8 Å². The Morgan fingerprint density at radius 3 is 2.50 bits per heavy atom. The van der Waals surface area contributed by atoms with Crippen LogP contribution in [-0.2, 0) is 0 Å². The Morgan fingerprint density at radius 2 is 1.71 bits per heavy atom. The number of halogens is 3. The fraction of sp³-hybridized carbons (Fsp3) is 0.111. The van der Waals surface area contributed by atoms with Crippen LogP contribution in [0.4, 0.5) is 13.2 Å². The average molecular weight is 390 g/mol. The van der Waals surface area contributed by atoms with Gasteiger partial charge in [0.25, 0.3) is 11.8 Å². The van der Waals surface area contributed by atoms with Crippen LogP contribution in [0.5, 0.6) is 5.88 Å². The molecule has 0 saturated heterocycles. The van der Waals surface area contributed by atoms with Crippen molar-refractivity contribution in [3.05, 3.63) is 66.0 Å². The lowest BCUT2D eigenvalue weighted by atomic mass is 10.2. The third kappa shape index (κ3) is 4.72. The Bertz CT molecular complexity index is 1020. The number of rotatable bonds is 4. The number of amides is 2. The van der Waals surface area contributed by atoms with Crippen LogP contribution >= 0.6 is 0 Å². The van der Waals surface area contributed by atoms with Gasteiger partial charge in [0.15, 0.2) is 6.61 Å². The third-order valence-corrected chi connectivity index (χ3v) is 3.51. The number of hydrogen-bond acceptors (Lipinski definition) is 5. The summed E-state index contributed by atoms with van der Waals surface area (Å²) in [5.74, 6) is -2.09. The average Bonchev–Trinajstić information content (AvgIpc) is 2.69. The van der Waals surface area contributed by atoms with Crippen LogP contribution in [-0.4, -0.2) is 34.6 Å². The summed E-state index contributed by atoms with van der Waals surface area (Å²) in [6.07, 6.45) is -3.40. The van der Waals surface area contributed by atoms with Crippen molar-refractivity contribution in [3.8, 4) is 5.88 Å². The highest BCUT2D eigenvalue weighted by Gasteiger charge is 2.29. The van der Waals surface area contributed by atoms with Crippen LogP contribution in [0.1, 0.15) is 20.8 Å². The minimum absolute atomic E-state index is 0.0544. The zero-order chi connectivity index (χ0) is 20.1. The third-order valence-electron chi connectivity index (χ3n) is 3.51. The lowest BCUT2D eigenvalue weighted by molar-refractivity contribution is -0.154. The van der Waals surface area contributed by atoms with Crippen LogP contribution in [0.2, 0.25) is 0 Å². The number of hydrazine groups is 1. The minimum atomic E-state index is -4.58. The molecule has 0 saturated carbocycles. The first-order chi connectivity index (χ1) is 13.3. The van der Waals surface area contributed by atoms with Gasteiger partial charge in [0.05, 0.1) is 5.52 Å². The number of pyridine rings is 2. The van der Waals surface area contributed by atoms with Crippen LogP contribution in [0, 0.1) is 0 Å². The van der Waals surface area contributed by atoms with Gasteiger partial charge in [0.1, 0.15) is 11.3 Å². The fourth-order valence-corrected chi connectivity index (χ4v) is 2.27. The van der Waals surface area contributed by atoms with Gasteiger partial charge in [-0.1, -0.05) is 24.3 Å². The molecule has 3 aromatic rings. The molecule has 144 valence electrons. The van der Waals surface area contributed by atoms with Gasteiger partial charge in [-0.25, -0.2) is 9.97 Å². The molecule has 0 unspecified atom stereocenters. The summed E-state index contributed by atoms with van der Waals surface area (Å²) in [7, 11) is 0. The van der Waals surface area contributed by atoms with Crippen molar-refractivity contribution in [2.45, 2.75) is 6.18 Å². The molecule has 0 radical (unpaired) electrons. The van der Waals surface area contributed by atoms with E-state index in [0.717, 1.165) is 5.39 Å². The van der Waals surface area contributed by atoms with Crippen LogP contribution in [0.3, 0.4) is 0 Å². The second-order valence-corrected chi connectivity index (χ2v) is 5.56. The van der Waals surface area contributed by atoms with E-state index in [9.17, 15) is 22.8 Å². The molecule has 1 aromatic carbocycles. The van der Waals surface area contributed by atoms with Crippen LogP contribution in [0.25, 0.3) is 10.9 Å². The van der Waals surface area contributed by atoms with Crippen LogP contribution in [0.15, 0.2) is 54.7 Å².